The van der Waals surface area contributed by atoms with Gasteiger partial charge in [0.15, 0.2) is 0 Å². The van der Waals surface area contributed by atoms with Gasteiger partial charge in [0, 0.05) is 26.5 Å². The van der Waals surface area contributed by atoms with Gasteiger partial charge >= 0.3 is 0 Å². The van der Waals surface area contributed by atoms with Crippen LogP contribution in [0.1, 0.15) is 16.1 Å². The molecular weight excluding hydrogens is 335 g/mol. The van der Waals surface area contributed by atoms with Crippen molar-refractivity contribution >= 4 is 45.8 Å². The number of aromatic amines is 1. The predicted octanol–water partition coefficient (Wildman–Crippen LogP) is 3.73. The molecule has 1 amide bonds. The van der Waals surface area contributed by atoms with Gasteiger partial charge in [-0.1, -0.05) is 23.2 Å². The predicted molar refractivity (Wildman–Crippen MR) is 92.2 cm³/mol. The molecule has 0 bridgehead atoms. The van der Waals surface area contributed by atoms with Crippen LogP contribution < -0.4 is 10.9 Å². The maximum atomic E-state index is 12.1. The summed E-state index contributed by atoms with van der Waals surface area (Å²) in [5.41, 5.74) is 6.84. The molecule has 0 aliphatic rings. The number of aromatic nitrogens is 1. The van der Waals surface area contributed by atoms with E-state index in [4.69, 9.17) is 28.6 Å². The molecule has 23 heavy (non-hydrogen) atoms. The highest BCUT2D eigenvalue weighted by atomic mass is 35.5. The number of hydrazine groups is 1. The molecule has 0 atom stereocenters. The highest BCUT2D eigenvalue weighted by molar-refractivity contribution is 6.31. The SMILES string of the molecule is N=C(NNC(=O)c1cc2cc(Cl)ccc2[nH]1)c1ccc(Cl)cc1. The van der Waals surface area contributed by atoms with Crippen LogP contribution in [0, 0.1) is 5.41 Å². The van der Waals surface area contributed by atoms with Crippen LogP contribution in [0.5, 0.6) is 0 Å². The van der Waals surface area contributed by atoms with Crippen LogP contribution in [0.3, 0.4) is 0 Å². The van der Waals surface area contributed by atoms with Crippen molar-refractivity contribution in [3.63, 3.8) is 0 Å². The van der Waals surface area contributed by atoms with Crippen LogP contribution in [0.2, 0.25) is 10.0 Å². The minimum absolute atomic E-state index is 0.0640. The van der Waals surface area contributed by atoms with E-state index in [0.29, 0.717) is 21.3 Å². The molecule has 1 heterocycles. The largest absolute Gasteiger partial charge is 0.350 e. The molecule has 0 fully saturated rings. The normalized spacial score (nSPS) is 10.5. The molecule has 7 heteroatoms. The highest BCUT2D eigenvalue weighted by Crippen LogP contribution is 2.19. The summed E-state index contributed by atoms with van der Waals surface area (Å²) < 4.78 is 0. The molecule has 0 unspecified atom stereocenters. The lowest BCUT2D eigenvalue weighted by Gasteiger charge is -2.08. The third-order valence-electron chi connectivity index (χ3n) is 3.26. The molecule has 0 saturated heterocycles. The van der Waals surface area contributed by atoms with Gasteiger partial charge in [-0.3, -0.25) is 21.1 Å². The lowest BCUT2D eigenvalue weighted by Crippen LogP contribution is -2.41. The Bertz CT molecular complexity index is 887. The Labute approximate surface area is 142 Å². The average molecular weight is 347 g/mol. The summed E-state index contributed by atoms with van der Waals surface area (Å²) in [5, 5.41) is 9.93. The van der Waals surface area contributed by atoms with Gasteiger partial charge < -0.3 is 4.98 Å². The van der Waals surface area contributed by atoms with Crippen molar-refractivity contribution in [3.05, 3.63) is 69.8 Å². The average Bonchev–Trinajstić information content (AvgIpc) is 2.96. The first-order valence-electron chi connectivity index (χ1n) is 6.72. The Morgan fingerprint density at radius 3 is 2.39 bits per heavy atom. The molecule has 116 valence electrons. The number of fused-ring (bicyclic) bond motifs is 1. The smallest absolute Gasteiger partial charge is 0.286 e. The number of rotatable bonds is 2. The summed E-state index contributed by atoms with van der Waals surface area (Å²) in [4.78, 5) is 15.1. The van der Waals surface area contributed by atoms with Crippen molar-refractivity contribution in [1.29, 1.82) is 5.41 Å². The lowest BCUT2D eigenvalue weighted by atomic mass is 10.2. The van der Waals surface area contributed by atoms with E-state index >= 15 is 0 Å². The fourth-order valence-electron chi connectivity index (χ4n) is 2.10. The zero-order valence-corrected chi connectivity index (χ0v) is 13.3. The second-order valence-electron chi connectivity index (χ2n) is 4.88. The number of amidine groups is 1. The Kier molecular flexibility index (Phi) is 4.23. The first-order chi connectivity index (χ1) is 11.0. The molecule has 0 spiro atoms. The molecule has 0 aliphatic carbocycles. The van der Waals surface area contributed by atoms with Crippen LogP contribution in [-0.4, -0.2) is 16.7 Å². The topological polar surface area (TPSA) is 80.8 Å². The molecule has 0 saturated carbocycles. The van der Waals surface area contributed by atoms with E-state index in [1.165, 1.54) is 0 Å². The van der Waals surface area contributed by atoms with E-state index in [1.54, 1.807) is 48.5 Å². The number of amides is 1. The summed E-state index contributed by atoms with van der Waals surface area (Å²) in [6, 6.07) is 13.8. The number of halogens is 2. The second kappa shape index (κ2) is 6.32. The number of carbonyl (C=O) groups excluding carboxylic acids is 1. The van der Waals surface area contributed by atoms with Gasteiger partial charge in [-0.25, -0.2) is 0 Å². The summed E-state index contributed by atoms with van der Waals surface area (Å²) in [5.74, 6) is -0.315. The summed E-state index contributed by atoms with van der Waals surface area (Å²) in [7, 11) is 0. The van der Waals surface area contributed by atoms with Crippen molar-refractivity contribution in [2.45, 2.75) is 0 Å². The number of hydrogen-bond acceptors (Lipinski definition) is 2. The minimum atomic E-state index is -0.379. The van der Waals surface area contributed by atoms with Gasteiger partial charge in [0.2, 0.25) is 0 Å². The number of hydrogen-bond donors (Lipinski definition) is 4. The molecule has 2 aromatic carbocycles. The van der Waals surface area contributed by atoms with Gasteiger partial charge in [-0.05, 0) is 48.5 Å². The molecule has 5 nitrogen and oxygen atoms in total. The van der Waals surface area contributed by atoms with Crippen LogP contribution >= 0.6 is 23.2 Å². The Hall–Kier alpha value is -2.50. The van der Waals surface area contributed by atoms with Crippen LogP contribution in [0.4, 0.5) is 0 Å². The summed E-state index contributed by atoms with van der Waals surface area (Å²) in [6.45, 7) is 0. The zero-order valence-electron chi connectivity index (χ0n) is 11.8. The summed E-state index contributed by atoms with van der Waals surface area (Å²) in [6.07, 6.45) is 0. The monoisotopic (exact) mass is 346 g/mol. The first-order valence-corrected chi connectivity index (χ1v) is 7.47. The Balaban J connectivity index is 1.68. The van der Waals surface area contributed by atoms with E-state index in [-0.39, 0.29) is 11.7 Å². The molecular formula is C16H12Cl2N4O. The number of H-pyrrole nitrogens is 1. The first kappa shape index (κ1) is 15.4. The number of benzene rings is 2. The standard InChI is InChI=1S/C16H12Cl2N4O/c17-11-3-1-9(2-4-11)15(19)21-22-16(23)14-8-10-7-12(18)5-6-13(10)20-14/h1-8,20H,(H2,19,21)(H,22,23). The zero-order chi connectivity index (χ0) is 16.4. The van der Waals surface area contributed by atoms with Gasteiger partial charge in [0.1, 0.15) is 11.5 Å². The van der Waals surface area contributed by atoms with E-state index in [9.17, 15) is 4.79 Å². The lowest BCUT2D eigenvalue weighted by molar-refractivity contribution is 0.0939. The van der Waals surface area contributed by atoms with Crippen molar-refractivity contribution in [2.24, 2.45) is 0 Å². The third-order valence-corrected chi connectivity index (χ3v) is 3.75. The molecule has 0 aliphatic heterocycles. The minimum Gasteiger partial charge on any atom is -0.350 e. The van der Waals surface area contributed by atoms with Gasteiger partial charge in [0.05, 0.1) is 0 Å². The number of nitrogens with one attached hydrogen (secondary N) is 4. The van der Waals surface area contributed by atoms with Gasteiger partial charge in [-0.15, -0.1) is 0 Å². The van der Waals surface area contributed by atoms with Crippen LogP contribution in [0.25, 0.3) is 10.9 Å². The van der Waals surface area contributed by atoms with E-state index in [2.05, 4.69) is 15.8 Å². The fraction of sp³-hybridized carbons (Fsp3) is 0. The summed E-state index contributed by atoms with van der Waals surface area (Å²) >= 11 is 11.7. The fourth-order valence-corrected chi connectivity index (χ4v) is 2.41. The quantitative estimate of drug-likeness (QED) is 0.324. The Morgan fingerprint density at radius 2 is 1.65 bits per heavy atom. The van der Waals surface area contributed by atoms with E-state index in [1.807, 2.05) is 0 Å². The maximum absolute atomic E-state index is 12.1. The maximum Gasteiger partial charge on any atom is 0.286 e. The molecule has 3 aromatic rings. The molecule has 0 radical (unpaired) electrons. The second-order valence-corrected chi connectivity index (χ2v) is 5.75. The van der Waals surface area contributed by atoms with E-state index < -0.39 is 0 Å². The number of carbonyl (C=O) groups is 1. The van der Waals surface area contributed by atoms with Crippen molar-refractivity contribution in [2.75, 3.05) is 0 Å². The Morgan fingerprint density at radius 1 is 0.957 bits per heavy atom. The third kappa shape index (κ3) is 3.47. The molecule has 4 N–H and O–H groups in total. The van der Waals surface area contributed by atoms with E-state index in [0.717, 1.165) is 10.9 Å². The highest BCUT2D eigenvalue weighted by Gasteiger charge is 2.10. The van der Waals surface area contributed by atoms with Gasteiger partial charge in [0.25, 0.3) is 5.91 Å². The van der Waals surface area contributed by atoms with Crippen molar-refractivity contribution < 1.29 is 4.79 Å². The van der Waals surface area contributed by atoms with Crippen molar-refractivity contribution in [3.8, 4) is 0 Å². The van der Waals surface area contributed by atoms with Crippen LogP contribution in [0.15, 0.2) is 48.5 Å². The van der Waals surface area contributed by atoms with Crippen molar-refractivity contribution in [1.82, 2.24) is 15.8 Å². The molecule has 1 aromatic heterocycles. The molecule has 3 rings (SSSR count). The van der Waals surface area contributed by atoms with Gasteiger partial charge in [-0.2, -0.15) is 0 Å². The van der Waals surface area contributed by atoms with Crippen LogP contribution in [-0.2, 0) is 0 Å².